The predicted octanol–water partition coefficient (Wildman–Crippen LogP) is 2.88. The minimum atomic E-state index is -0.631. The van der Waals surface area contributed by atoms with E-state index in [2.05, 4.69) is 15.0 Å². The molecule has 25 heavy (non-hydrogen) atoms. The zero-order chi connectivity index (χ0) is 18.0. The molecule has 0 fully saturated rings. The Labute approximate surface area is 143 Å². The average molecular weight is 336 g/mol. The van der Waals surface area contributed by atoms with Crippen LogP contribution in [-0.2, 0) is 4.74 Å². The number of H-pyrrole nitrogens is 1. The lowest BCUT2D eigenvalue weighted by molar-refractivity contribution is 0.0594. The Hall–Kier alpha value is -3.41. The van der Waals surface area contributed by atoms with E-state index in [1.165, 1.54) is 13.2 Å². The standard InChI is InChI=1S/C19H16N2O4/c1-11-3-5-12(6-4-11)18(23)20-13-7-8-14-15(9-13)21-16(10-17(14)22)19(24)25-2/h3-10H,1-2H3,(H,20,23)(H,21,22). The van der Waals surface area contributed by atoms with Crippen LogP contribution in [0.15, 0.2) is 53.3 Å². The van der Waals surface area contributed by atoms with Crippen LogP contribution >= 0.6 is 0 Å². The fourth-order valence-corrected chi connectivity index (χ4v) is 2.46. The number of esters is 1. The monoisotopic (exact) mass is 336 g/mol. The Bertz CT molecular complexity index is 1020. The van der Waals surface area contributed by atoms with E-state index in [0.717, 1.165) is 5.56 Å². The van der Waals surface area contributed by atoms with Crippen LogP contribution < -0.4 is 10.7 Å². The van der Waals surface area contributed by atoms with Gasteiger partial charge in [0.1, 0.15) is 5.69 Å². The van der Waals surface area contributed by atoms with Gasteiger partial charge in [-0.05, 0) is 37.3 Å². The number of methoxy groups -OCH3 is 1. The fraction of sp³-hybridized carbons (Fsp3) is 0.105. The molecule has 0 radical (unpaired) electrons. The summed E-state index contributed by atoms with van der Waals surface area (Å²) in [5, 5.41) is 3.19. The number of hydrogen-bond acceptors (Lipinski definition) is 4. The third kappa shape index (κ3) is 3.42. The van der Waals surface area contributed by atoms with Gasteiger partial charge in [0, 0.05) is 22.7 Å². The Morgan fingerprint density at radius 1 is 1.04 bits per heavy atom. The highest BCUT2D eigenvalue weighted by molar-refractivity contribution is 6.05. The van der Waals surface area contributed by atoms with E-state index < -0.39 is 5.97 Å². The third-order valence-electron chi connectivity index (χ3n) is 3.81. The number of ether oxygens (including phenoxy) is 1. The fourth-order valence-electron chi connectivity index (χ4n) is 2.46. The van der Waals surface area contributed by atoms with E-state index in [4.69, 9.17) is 0 Å². The number of aryl methyl sites for hydroxylation is 1. The van der Waals surface area contributed by atoms with Crippen molar-refractivity contribution in [3.63, 3.8) is 0 Å². The normalized spacial score (nSPS) is 10.5. The molecule has 0 saturated heterocycles. The molecule has 0 aliphatic carbocycles. The Morgan fingerprint density at radius 2 is 1.76 bits per heavy atom. The van der Waals surface area contributed by atoms with Gasteiger partial charge in [-0.3, -0.25) is 9.59 Å². The number of benzene rings is 2. The molecule has 6 heteroatoms. The molecule has 1 aromatic heterocycles. The zero-order valence-corrected chi connectivity index (χ0v) is 13.8. The third-order valence-corrected chi connectivity index (χ3v) is 3.81. The van der Waals surface area contributed by atoms with Crippen LogP contribution in [0.2, 0.25) is 0 Å². The van der Waals surface area contributed by atoms with Gasteiger partial charge in [0.2, 0.25) is 0 Å². The molecule has 3 aromatic rings. The van der Waals surface area contributed by atoms with Crippen molar-refractivity contribution in [2.24, 2.45) is 0 Å². The maximum absolute atomic E-state index is 12.3. The van der Waals surface area contributed by atoms with Gasteiger partial charge in [-0.25, -0.2) is 4.79 Å². The molecule has 2 aromatic carbocycles. The van der Waals surface area contributed by atoms with Crippen LogP contribution in [-0.4, -0.2) is 24.0 Å². The number of fused-ring (bicyclic) bond motifs is 1. The molecule has 0 unspecified atom stereocenters. The number of anilines is 1. The van der Waals surface area contributed by atoms with Crippen molar-refractivity contribution in [2.75, 3.05) is 12.4 Å². The summed E-state index contributed by atoms with van der Waals surface area (Å²) >= 11 is 0. The molecule has 1 heterocycles. The quantitative estimate of drug-likeness (QED) is 0.720. The van der Waals surface area contributed by atoms with Crippen LogP contribution in [0.1, 0.15) is 26.4 Å². The van der Waals surface area contributed by atoms with E-state index in [9.17, 15) is 14.4 Å². The highest BCUT2D eigenvalue weighted by Crippen LogP contribution is 2.17. The van der Waals surface area contributed by atoms with Gasteiger partial charge < -0.3 is 15.0 Å². The van der Waals surface area contributed by atoms with E-state index in [-0.39, 0.29) is 17.0 Å². The SMILES string of the molecule is COC(=O)c1cc(=O)c2ccc(NC(=O)c3ccc(C)cc3)cc2[nH]1. The predicted molar refractivity (Wildman–Crippen MR) is 95.0 cm³/mol. The number of carbonyl (C=O) groups excluding carboxylic acids is 2. The number of aromatic nitrogens is 1. The molecular weight excluding hydrogens is 320 g/mol. The summed E-state index contributed by atoms with van der Waals surface area (Å²) in [6.45, 7) is 1.94. The topological polar surface area (TPSA) is 88.3 Å². The van der Waals surface area contributed by atoms with Gasteiger partial charge in [-0.1, -0.05) is 17.7 Å². The summed E-state index contributed by atoms with van der Waals surface area (Å²) in [5.74, 6) is -0.890. The van der Waals surface area contributed by atoms with Crippen molar-refractivity contribution < 1.29 is 14.3 Å². The van der Waals surface area contributed by atoms with Crippen molar-refractivity contribution in [3.05, 3.63) is 75.6 Å². The van der Waals surface area contributed by atoms with E-state index in [0.29, 0.717) is 22.2 Å². The first-order valence-electron chi connectivity index (χ1n) is 7.61. The van der Waals surface area contributed by atoms with Gasteiger partial charge >= 0.3 is 5.97 Å². The van der Waals surface area contributed by atoms with Gasteiger partial charge in [0.25, 0.3) is 5.91 Å². The summed E-state index contributed by atoms with van der Waals surface area (Å²) in [5.41, 5.74) is 2.30. The molecule has 0 aliphatic rings. The smallest absolute Gasteiger partial charge is 0.354 e. The molecular formula is C19H16N2O4. The molecule has 3 rings (SSSR count). The lowest BCUT2D eigenvalue weighted by atomic mass is 10.1. The molecule has 1 amide bonds. The number of pyridine rings is 1. The minimum Gasteiger partial charge on any atom is -0.464 e. The molecule has 0 aliphatic heterocycles. The van der Waals surface area contributed by atoms with Crippen LogP contribution in [0.5, 0.6) is 0 Å². The first-order chi connectivity index (χ1) is 12.0. The molecule has 0 saturated carbocycles. The maximum Gasteiger partial charge on any atom is 0.354 e. The van der Waals surface area contributed by atoms with Crippen LogP contribution in [0.25, 0.3) is 10.9 Å². The van der Waals surface area contributed by atoms with Crippen molar-refractivity contribution in [1.82, 2.24) is 4.98 Å². The lowest BCUT2D eigenvalue weighted by Crippen LogP contribution is -2.13. The number of hydrogen-bond donors (Lipinski definition) is 2. The Morgan fingerprint density at radius 3 is 2.44 bits per heavy atom. The van der Waals surface area contributed by atoms with Crippen molar-refractivity contribution >= 4 is 28.5 Å². The molecule has 0 atom stereocenters. The number of rotatable bonds is 3. The summed E-state index contributed by atoms with van der Waals surface area (Å²) in [4.78, 5) is 38.9. The maximum atomic E-state index is 12.3. The number of nitrogens with one attached hydrogen (secondary N) is 2. The van der Waals surface area contributed by atoms with Gasteiger partial charge in [0.05, 0.1) is 12.6 Å². The van der Waals surface area contributed by atoms with Gasteiger partial charge in [-0.15, -0.1) is 0 Å². The molecule has 2 N–H and O–H groups in total. The number of aromatic amines is 1. The first kappa shape index (κ1) is 16.4. The summed E-state index contributed by atoms with van der Waals surface area (Å²) < 4.78 is 4.62. The van der Waals surface area contributed by atoms with Gasteiger partial charge in [-0.2, -0.15) is 0 Å². The first-order valence-corrected chi connectivity index (χ1v) is 7.61. The van der Waals surface area contributed by atoms with Crippen LogP contribution in [0.4, 0.5) is 5.69 Å². The van der Waals surface area contributed by atoms with Crippen LogP contribution in [0, 0.1) is 6.92 Å². The second kappa shape index (κ2) is 6.60. The largest absolute Gasteiger partial charge is 0.464 e. The number of carbonyl (C=O) groups is 2. The zero-order valence-electron chi connectivity index (χ0n) is 13.8. The second-order valence-corrected chi connectivity index (χ2v) is 5.62. The van der Waals surface area contributed by atoms with E-state index in [1.807, 2.05) is 19.1 Å². The summed E-state index contributed by atoms with van der Waals surface area (Å²) in [6, 6.07) is 13.2. The van der Waals surface area contributed by atoms with E-state index >= 15 is 0 Å². The van der Waals surface area contributed by atoms with E-state index in [1.54, 1.807) is 30.3 Å². The van der Waals surface area contributed by atoms with Crippen molar-refractivity contribution in [1.29, 1.82) is 0 Å². The summed E-state index contributed by atoms with van der Waals surface area (Å²) in [6.07, 6.45) is 0. The van der Waals surface area contributed by atoms with Crippen LogP contribution in [0.3, 0.4) is 0 Å². The van der Waals surface area contributed by atoms with Crippen molar-refractivity contribution in [3.8, 4) is 0 Å². The van der Waals surface area contributed by atoms with Gasteiger partial charge in [0.15, 0.2) is 5.43 Å². The Kier molecular flexibility index (Phi) is 4.35. The average Bonchev–Trinajstić information content (AvgIpc) is 2.61. The number of amides is 1. The minimum absolute atomic E-state index is 0.0574. The Balaban J connectivity index is 1.94. The van der Waals surface area contributed by atoms with Crippen molar-refractivity contribution in [2.45, 2.75) is 6.92 Å². The lowest BCUT2D eigenvalue weighted by Gasteiger charge is -2.08. The highest BCUT2D eigenvalue weighted by atomic mass is 16.5. The highest BCUT2D eigenvalue weighted by Gasteiger charge is 2.11. The summed E-state index contributed by atoms with van der Waals surface area (Å²) in [7, 11) is 1.24. The molecule has 6 nitrogen and oxygen atoms in total. The molecule has 0 bridgehead atoms. The second-order valence-electron chi connectivity index (χ2n) is 5.62. The molecule has 126 valence electrons. The molecule has 0 spiro atoms.